The van der Waals surface area contributed by atoms with Crippen molar-refractivity contribution in [3.05, 3.63) is 12.4 Å². The molecule has 0 spiro atoms. The van der Waals surface area contributed by atoms with Gasteiger partial charge in [0, 0.05) is 0 Å². The summed E-state index contributed by atoms with van der Waals surface area (Å²) in [6.45, 7) is 17.5. The SMILES string of the molecule is C=CP(=S)(CC(C)(C)C)CC(C)(C)C. The van der Waals surface area contributed by atoms with Crippen molar-refractivity contribution < 1.29 is 0 Å². The molecule has 0 unspecified atom stereocenters. The van der Waals surface area contributed by atoms with Crippen molar-refractivity contribution in [2.45, 2.75) is 41.5 Å². The highest BCUT2D eigenvalue weighted by molar-refractivity contribution is 8.16. The maximum atomic E-state index is 5.79. The van der Waals surface area contributed by atoms with Crippen LogP contribution in [0, 0.1) is 10.8 Å². The van der Waals surface area contributed by atoms with Gasteiger partial charge < -0.3 is 0 Å². The molecule has 0 aromatic heterocycles. The monoisotopic (exact) mass is 232 g/mol. The molecule has 0 heterocycles. The van der Waals surface area contributed by atoms with Gasteiger partial charge in [0.15, 0.2) is 0 Å². The molecule has 0 fully saturated rings. The van der Waals surface area contributed by atoms with Crippen LogP contribution in [0.5, 0.6) is 0 Å². The third-order valence-electron chi connectivity index (χ3n) is 1.82. The number of rotatable bonds is 3. The first-order valence-corrected chi connectivity index (χ1v) is 8.43. The van der Waals surface area contributed by atoms with Gasteiger partial charge in [0.1, 0.15) is 0 Å². The van der Waals surface area contributed by atoms with E-state index in [1.807, 2.05) is 0 Å². The minimum absolute atomic E-state index is 0.328. The number of hydrogen-bond acceptors (Lipinski definition) is 1. The van der Waals surface area contributed by atoms with Crippen LogP contribution < -0.4 is 0 Å². The molecule has 0 radical (unpaired) electrons. The first kappa shape index (κ1) is 14.4. The fourth-order valence-corrected chi connectivity index (χ4v) is 7.70. The van der Waals surface area contributed by atoms with Crippen LogP contribution in [0.3, 0.4) is 0 Å². The highest BCUT2D eigenvalue weighted by Crippen LogP contribution is 2.54. The third-order valence-corrected chi connectivity index (χ3v) is 6.67. The highest BCUT2D eigenvalue weighted by atomic mass is 32.4. The predicted octanol–water partition coefficient (Wildman–Crippen LogP) is 4.70. The minimum Gasteiger partial charge on any atom is -0.0978 e. The molecule has 0 aromatic rings. The Hall–Kier alpha value is 0.390. The zero-order chi connectivity index (χ0) is 11.6. The van der Waals surface area contributed by atoms with E-state index in [-0.39, 0.29) is 0 Å². The van der Waals surface area contributed by atoms with Crippen molar-refractivity contribution in [1.82, 2.24) is 0 Å². The Morgan fingerprint density at radius 1 is 1.00 bits per heavy atom. The molecular formula is C12H25PS. The molecule has 14 heavy (non-hydrogen) atoms. The van der Waals surface area contributed by atoms with E-state index in [0.29, 0.717) is 10.8 Å². The molecule has 0 saturated heterocycles. The molecule has 2 heteroatoms. The normalized spacial score (nSPS) is 14.1. The van der Waals surface area contributed by atoms with E-state index in [9.17, 15) is 0 Å². The van der Waals surface area contributed by atoms with Crippen molar-refractivity contribution in [2.24, 2.45) is 10.8 Å². The zero-order valence-corrected chi connectivity index (χ0v) is 12.3. The van der Waals surface area contributed by atoms with Crippen molar-refractivity contribution in [2.75, 3.05) is 12.3 Å². The van der Waals surface area contributed by atoms with Gasteiger partial charge in [0.2, 0.25) is 0 Å². The van der Waals surface area contributed by atoms with E-state index in [0.717, 1.165) is 12.3 Å². The molecule has 0 rings (SSSR count). The topological polar surface area (TPSA) is 0 Å². The summed E-state index contributed by atoms with van der Waals surface area (Å²) < 4.78 is 0. The van der Waals surface area contributed by atoms with Gasteiger partial charge in [0.25, 0.3) is 0 Å². The fraction of sp³-hybridized carbons (Fsp3) is 0.833. The molecular weight excluding hydrogens is 207 g/mol. The molecule has 0 aliphatic rings. The second-order valence-corrected chi connectivity index (χ2v) is 11.7. The Bertz CT molecular complexity index is 220. The van der Waals surface area contributed by atoms with Crippen LogP contribution in [0.15, 0.2) is 12.4 Å². The Morgan fingerprint density at radius 3 is 1.43 bits per heavy atom. The maximum absolute atomic E-state index is 5.79. The fourth-order valence-electron chi connectivity index (χ4n) is 1.79. The van der Waals surface area contributed by atoms with Crippen molar-refractivity contribution in [3.8, 4) is 0 Å². The Balaban J connectivity index is 4.67. The molecule has 0 N–H and O–H groups in total. The van der Waals surface area contributed by atoms with E-state index in [1.165, 1.54) is 0 Å². The van der Waals surface area contributed by atoms with E-state index in [4.69, 9.17) is 11.8 Å². The third kappa shape index (κ3) is 6.79. The van der Waals surface area contributed by atoms with Crippen LogP contribution in [0.25, 0.3) is 0 Å². The summed E-state index contributed by atoms with van der Waals surface area (Å²) in [7, 11) is 0. The molecule has 0 aliphatic carbocycles. The largest absolute Gasteiger partial charge is 0.0978 e. The Morgan fingerprint density at radius 2 is 1.29 bits per heavy atom. The van der Waals surface area contributed by atoms with Gasteiger partial charge in [-0.1, -0.05) is 65.7 Å². The molecule has 0 aromatic carbocycles. The van der Waals surface area contributed by atoms with Crippen LogP contribution in [0.4, 0.5) is 0 Å². The Labute approximate surface area is 95.2 Å². The summed E-state index contributed by atoms with van der Waals surface area (Å²) >= 11 is 5.79. The van der Waals surface area contributed by atoms with Crippen molar-refractivity contribution >= 4 is 17.8 Å². The lowest BCUT2D eigenvalue weighted by Gasteiger charge is -2.32. The summed E-state index contributed by atoms with van der Waals surface area (Å²) in [6.07, 6.45) is 2.27. The van der Waals surface area contributed by atoms with Crippen LogP contribution in [-0.2, 0) is 11.8 Å². The predicted molar refractivity (Wildman–Crippen MR) is 73.1 cm³/mol. The van der Waals surface area contributed by atoms with E-state index < -0.39 is 6.04 Å². The highest BCUT2D eigenvalue weighted by Gasteiger charge is 2.26. The van der Waals surface area contributed by atoms with Gasteiger partial charge in [-0.3, -0.25) is 0 Å². The average molecular weight is 232 g/mol. The van der Waals surface area contributed by atoms with Crippen LogP contribution >= 0.6 is 6.04 Å². The molecule has 0 saturated carbocycles. The first-order chi connectivity index (χ1) is 5.97. The lowest BCUT2D eigenvalue weighted by Crippen LogP contribution is -2.18. The summed E-state index contributed by atoms with van der Waals surface area (Å²) in [5, 5.41) is 0. The van der Waals surface area contributed by atoms with E-state index in [2.05, 4.69) is 53.9 Å². The second kappa shape index (κ2) is 4.49. The summed E-state index contributed by atoms with van der Waals surface area (Å²) in [4.78, 5) is 0. The molecule has 0 aliphatic heterocycles. The molecule has 0 bridgehead atoms. The van der Waals surface area contributed by atoms with Gasteiger partial charge in [-0.25, -0.2) is 0 Å². The standard InChI is InChI=1S/C12H25PS/c1-8-13(14,9-11(2,3)4)10-12(5,6)7/h8H,1,9-10H2,2-7H3. The van der Waals surface area contributed by atoms with Gasteiger partial charge in [-0.05, 0) is 29.2 Å². The van der Waals surface area contributed by atoms with Gasteiger partial charge in [-0.15, -0.1) is 0 Å². The van der Waals surface area contributed by atoms with Crippen molar-refractivity contribution in [3.63, 3.8) is 0 Å². The molecule has 84 valence electrons. The smallest absolute Gasteiger partial charge is 0.0153 e. The lowest BCUT2D eigenvalue weighted by molar-refractivity contribution is 0.459. The Kier molecular flexibility index (Phi) is 4.62. The van der Waals surface area contributed by atoms with E-state index in [1.54, 1.807) is 0 Å². The summed E-state index contributed by atoms with van der Waals surface area (Å²) in [5.41, 5.74) is 0.657. The van der Waals surface area contributed by atoms with Gasteiger partial charge in [0.05, 0.1) is 0 Å². The number of hydrogen-bond donors (Lipinski definition) is 0. The zero-order valence-electron chi connectivity index (χ0n) is 10.6. The quantitative estimate of drug-likeness (QED) is 0.635. The molecule has 0 nitrogen and oxygen atoms in total. The average Bonchev–Trinajstić information content (AvgIpc) is 1.78. The minimum atomic E-state index is -1.35. The molecule has 0 amide bonds. The lowest BCUT2D eigenvalue weighted by atomic mass is 10.0. The van der Waals surface area contributed by atoms with Crippen LogP contribution in [0.1, 0.15) is 41.5 Å². The van der Waals surface area contributed by atoms with Crippen molar-refractivity contribution in [1.29, 1.82) is 0 Å². The maximum Gasteiger partial charge on any atom is -0.0153 e. The second-order valence-electron chi connectivity index (χ2n) is 6.57. The first-order valence-electron chi connectivity index (χ1n) is 5.19. The summed E-state index contributed by atoms with van der Waals surface area (Å²) in [5.74, 6) is 2.07. The molecule has 0 atom stereocenters. The van der Waals surface area contributed by atoms with Crippen LogP contribution in [-0.4, -0.2) is 12.3 Å². The van der Waals surface area contributed by atoms with Crippen LogP contribution in [0.2, 0.25) is 0 Å². The van der Waals surface area contributed by atoms with E-state index >= 15 is 0 Å². The van der Waals surface area contributed by atoms with Gasteiger partial charge >= 0.3 is 0 Å². The summed E-state index contributed by atoms with van der Waals surface area (Å²) in [6, 6.07) is -1.35. The van der Waals surface area contributed by atoms with Gasteiger partial charge in [-0.2, -0.15) is 0 Å².